The fraction of sp³-hybridized carbons (Fsp3) is 0.286. The predicted molar refractivity (Wildman–Crippen MR) is 66.3 cm³/mol. The van der Waals surface area contributed by atoms with Gasteiger partial charge in [-0.3, -0.25) is 4.79 Å². The highest BCUT2D eigenvalue weighted by molar-refractivity contribution is 5.66. The molecule has 1 N–H and O–H groups in total. The molecule has 1 aromatic heterocycles. The number of nitrogens with zero attached hydrogens (tertiary/aromatic N) is 1. The van der Waals surface area contributed by atoms with Crippen molar-refractivity contribution in [3.63, 3.8) is 0 Å². The standard InChI is InChI=1S/C14H14FNO3/c15-11-4-1-10(2-5-11)3-7-13-16-9-12(19-13)6-8-14(17)18/h1-2,4-5,9H,3,6-8H2,(H,17,18). The monoisotopic (exact) mass is 263 g/mol. The van der Waals surface area contributed by atoms with Crippen LogP contribution in [0.15, 0.2) is 34.9 Å². The summed E-state index contributed by atoms with van der Waals surface area (Å²) in [4.78, 5) is 14.5. The van der Waals surface area contributed by atoms with E-state index in [1.807, 2.05) is 0 Å². The van der Waals surface area contributed by atoms with E-state index >= 15 is 0 Å². The number of halogens is 1. The van der Waals surface area contributed by atoms with Crippen molar-refractivity contribution in [1.82, 2.24) is 4.98 Å². The van der Waals surface area contributed by atoms with Crippen molar-refractivity contribution in [2.24, 2.45) is 0 Å². The van der Waals surface area contributed by atoms with Crippen LogP contribution in [0.3, 0.4) is 0 Å². The summed E-state index contributed by atoms with van der Waals surface area (Å²) in [5.41, 5.74) is 1.01. The van der Waals surface area contributed by atoms with E-state index in [-0.39, 0.29) is 12.2 Å². The molecule has 1 aromatic carbocycles. The molecule has 1 heterocycles. The van der Waals surface area contributed by atoms with Crippen LogP contribution >= 0.6 is 0 Å². The Morgan fingerprint density at radius 2 is 1.95 bits per heavy atom. The van der Waals surface area contributed by atoms with Crippen molar-refractivity contribution in [2.75, 3.05) is 0 Å². The van der Waals surface area contributed by atoms with E-state index in [2.05, 4.69) is 4.98 Å². The SMILES string of the molecule is O=C(O)CCc1cnc(CCc2ccc(F)cc2)o1. The third-order valence-electron chi connectivity index (χ3n) is 2.73. The molecule has 0 saturated heterocycles. The van der Waals surface area contributed by atoms with E-state index in [1.165, 1.54) is 12.1 Å². The summed E-state index contributed by atoms with van der Waals surface area (Å²) in [5.74, 6) is 0.0429. The number of carboxylic acid groups (broad SMARTS) is 1. The molecule has 0 aliphatic rings. The van der Waals surface area contributed by atoms with E-state index in [1.54, 1.807) is 18.3 Å². The molecule has 0 bridgehead atoms. The summed E-state index contributed by atoms with van der Waals surface area (Å²) in [7, 11) is 0. The molecule has 5 heteroatoms. The first-order chi connectivity index (χ1) is 9.13. The second-order valence-corrected chi connectivity index (χ2v) is 4.24. The third kappa shape index (κ3) is 4.21. The Morgan fingerprint density at radius 1 is 1.21 bits per heavy atom. The zero-order chi connectivity index (χ0) is 13.7. The van der Waals surface area contributed by atoms with Gasteiger partial charge in [0, 0.05) is 12.8 Å². The number of rotatable bonds is 6. The van der Waals surface area contributed by atoms with Gasteiger partial charge in [0.15, 0.2) is 5.89 Å². The van der Waals surface area contributed by atoms with Crippen molar-refractivity contribution < 1.29 is 18.7 Å². The number of aromatic nitrogens is 1. The van der Waals surface area contributed by atoms with Crippen molar-refractivity contribution in [3.05, 3.63) is 53.5 Å². The van der Waals surface area contributed by atoms with Gasteiger partial charge >= 0.3 is 5.97 Å². The fourth-order valence-corrected chi connectivity index (χ4v) is 1.71. The summed E-state index contributed by atoms with van der Waals surface area (Å²) in [6.45, 7) is 0. The molecule has 0 aliphatic heterocycles. The lowest BCUT2D eigenvalue weighted by Crippen LogP contribution is -1.96. The van der Waals surface area contributed by atoms with E-state index in [0.29, 0.717) is 30.9 Å². The minimum atomic E-state index is -0.857. The molecule has 0 atom stereocenters. The normalized spacial score (nSPS) is 10.6. The summed E-state index contributed by atoms with van der Waals surface area (Å²) in [5, 5.41) is 8.56. The van der Waals surface area contributed by atoms with Crippen molar-refractivity contribution >= 4 is 5.97 Å². The third-order valence-corrected chi connectivity index (χ3v) is 2.73. The number of hydrogen-bond donors (Lipinski definition) is 1. The van der Waals surface area contributed by atoms with E-state index < -0.39 is 5.97 Å². The van der Waals surface area contributed by atoms with Crippen LogP contribution in [0.5, 0.6) is 0 Å². The van der Waals surface area contributed by atoms with Crippen molar-refractivity contribution in [3.8, 4) is 0 Å². The first kappa shape index (κ1) is 13.3. The molecule has 19 heavy (non-hydrogen) atoms. The topological polar surface area (TPSA) is 63.3 Å². The molecule has 0 fully saturated rings. The van der Waals surface area contributed by atoms with E-state index in [0.717, 1.165) is 5.56 Å². The van der Waals surface area contributed by atoms with E-state index in [4.69, 9.17) is 9.52 Å². The van der Waals surface area contributed by atoms with Crippen molar-refractivity contribution in [2.45, 2.75) is 25.7 Å². The molecular formula is C14H14FNO3. The van der Waals surface area contributed by atoms with Crippen LogP contribution in [0, 0.1) is 5.82 Å². The molecular weight excluding hydrogens is 249 g/mol. The van der Waals surface area contributed by atoms with Gasteiger partial charge in [0.05, 0.1) is 12.6 Å². The summed E-state index contributed by atoms with van der Waals surface area (Å²) in [6, 6.07) is 6.29. The zero-order valence-electron chi connectivity index (χ0n) is 10.3. The smallest absolute Gasteiger partial charge is 0.303 e. The van der Waals surface area contributed by atoms with Crippen molar-refractivity contribution in [1.29, 1.82) is 0 Å². The second kappa shape index (κ2) is 6.13. The van der Waals surface area contributed by atoms with Crippen LogP contribution in [0.4, 0.5) is 4.39 Å². The Kier molecular flexibility index (Phi) is 4.28. The van der Waals surface area contributed by atoms with Crippen LogP contribution in [0.25, 0.3) is 0 Å². The lowest BCUT2D eigenvalue weighted by molar-refractivity contribution is -0.137. The maximum absolute atomic E-state index is 12.7. The quantitative estimate of drug-likeness (QED) is 0.870. The first-order valence-corrected chi connectivity index (χ1v) is 6.03. The average Bonchev–Trinajstić information content (AvgIpc) is 2.84. The van der Waals surface area contributed by atoms with Gasteiger partial charge in [0.25, 0.3) is 0 Å². The van der Waals surface area contributed by atoms with Crippen LogP contribution < -0.4 is 0 Å². The lowest BCUT2D eigenvalue weighted by atomic mass is 10.1. The maximum atomic E-state index is 12.7. The Labute approximate surface area is 109 Å². The van der Waals surface area contributed by atoms with Gasteiger partial charge < -0.3 is 9.52 Å². The first-order valence-electron chi connectivity index (χ1n) is 6.03. The molecule has 0 spiro atoms. The number of aryl methyl sites for hydroxylation is 3. The highest BCUT2D eigenvalue weighted by Gasteiger charge is 2.06. The Hall–Kier alpha value is -2.17. The molecule has 100 valence electrons. The Bertz CT molecular complexity index is 548. The highest BCUT2D eigenvalue weighted by Crippen LogP contribution is 2.10. The second-order valence-electron chi connectivity index (χ2n) is 4.24. The number of carbonyl (C=O) groups is 1. The predicted octanol–water partition coefficient (Wildman–Crippen LogP) is 2.62. The average molecular weight is 263 g/mol. The fourth-order valence-electron chi connectivity index (χ4n) is 1.71. The van der Waals surface area contributed by atoms with Gasteiger partial charge in [0.2, 0.25) is 0 Å². The van der Waals surface area contributed by atoms with Gasteiger partial charge in [-0.2, -0.15) is 0 Å². The van der Waals surface area contributed by atoms with Gasteiger partial charge in [-0.25, -0.2) is 9.37 Å². The van der Waals surface area contributed by atoms with Gasteiger partial charge in [-0.1, -0.05) is 12.1 Å². The molecule has 2 aromatic rings. The Morgan fingerprint density at radius 3 is 2.63 bits per heavy atom. The molecule has 0 saturated carbocycles. The molecule has 2 rings (SSSR count). The number of benzene rings is 1. The number of carboxylic acids is 1. The van der Waals surface area contributed by atoms with E-state index in [9.17, 15) is 9.18 Å². The minimum absolute atomic E-state index is 0.0343. The maximum Gasteiger partial charge on any atom is 0.303 e. The summed E-state index contributed by atoms with van der Waals surface area (Å²) < 4.78 is 18.2. The summed E-state index contributed by atoms with van der Waals surface area (Å²) >= 11 is 0. The zero-order valence-corrected chi connectivity index (χ0v) is 10.3. The number of hydrogen-bond acceptors (Lipinski definition) is 3. The highest BCUT2D eigenvalue weighted by atomic mass is 19.1. The molecule has 0 radical (unpaired) electrons. The van der Waals surface area contributed by atoms with Gasteiger partial charge in [-0.05, 0) is 24.1 Å². The molecule has 4 nitrogen and oxygen atoms in total. The van der Waals surface area contributed by atoms with Crippen LogP contribution in [0.1, 0.15) is 23.6 Å². The lowest BCUT2D eigenvalue weighted by Gasteiger charge is -1.98. The number of oxazole rings is 1. The Balaban J connectivity index is 1.86. The molecule has 0 unspecified atom stereocenters. The minimum Gasteiger partial charge on any atom is -0.481 e. The van der Waals surface area contributed by atoms with Crippen LogP contribution in [-0.4, -0.2) is 16.1 Å². The van der Waals surface area contributed by atoms with Gasteiger partial charge in [0.1, 0.15) is 11.6 Å². The van der Waals surface area contributed by atoms with Crippen LogP contribution in [0.2, 0.25) is 0 Å². The van der Waals surface area contributed by atoms with Crippen LogP contribution in [-0.2, 0) is 24.1 Å². The molecule has 0 amide bonds. The molecule has 0 aliphatic carbocycles. The number of aliphatic carboxylic acids is 1. The summed E-state index contributed by atoms with van der Waals surface area (Å²) in [6.07, 6.45) is 3.26. The van der Waals surface area contributed by atoms with Gasteiger partial charge in [-0.15, -0.1) is 0 Å². The largest absolute Gasteiger partial charge is 0.481 e.